The van der Waals surface area contributed by atoms with Crippen molar-refractivity contribution in [1.29, 1.82) is 0 Å². The van der Waals surface area contributed by atoms with Crippen LogP contribution in [0, 0.1) is 0 Å². The minimum absolute atomic E-state index is 0.0298. The van der Waals surface area contributed by atoms with Gasteiger partial charge in [-0.2, -0.15) is 0 Å². The number of sulfonamides is 1. The van der Waals surface area contributed by atoms with E-state index in [1.54, 1.807) is 11.0 Å². The first kappa shape index (κ1) is 24.2. The summed E-state index contributed by atoms with van der Waals surface area (Å²) in [6.07, 6.45) is -0.219. The standard InChI is InChI=1S/C20H22ClN3O6S2/c21-15-3-5-16(6-4-15)32(28,29)22-8-7-19(26)30-14-18(25)23-9-11-24(12-10-23)20(27)17-2-1-13-31-17/h1-6,13,22H,7-12,14H2. The van der Waals surface area contributed by atoms with Gasteiger partial charge in [-0.25, -0.2) is 13.1 Å². The maximum absolute atomic E-state index is 12.3. The van der Waals surface area contributed by atoms with Gasteiger partial charge in [0.1, 0.15) is 0 Å². The van der Waals surface area contributed by atoms with Crippen molar-refractivity contribution < 1.29 is 27.5 Å². The average molecular weight is 500 g/mol. The summed E-state index contributed by atoms with van der Waals surface area (Å²) in [5.41, 5.74) is 0. The van der Waals surface area contributed by atoms with Crippen LogP contribution in [0.15, 0.2) is 46.7 Å². The van der Waals surface area contributed by atoms with E-state index in [-0.39, 0.29) is 29.7 Å². The Balaban J connectivity index is 1.35. The van der Waals surface area contributed by atoms with Crippen molar-refractivity contribution in [1.82, 2.24) is 14.5 Å². The van der Waals surface area contributed by atoms with Gasteiger partial charge in [-0.15, -0.1) is 11.3 Å². The number of halogens is 1. The van der Waals surface area contributed by atoms with Crippen LogP contribution in [-0.4, -0.2) is 75.3 Å². The van der Waals surface area contributed by atoms with E-state index in [9.17, 15) is 22.8 Å². The number of hydrogen-bond donors (Lipinski definition) is 1. The molecular weight excluding hydrogens is 478 g/mol. The summed E-state index contributed by atoms with van der Waals surface area (Å²) in [5.74, 6) is -1.11. The molecule has 9 nitrogen and oxygen atoms in total. The van der Waals surface area contributed by atoms with Crippen molar-refractivity contribution in [3.8, 4) is 0 Å². The molecule has 1 aromatic heterocycles. The van der Waals surface area contributed by atoms with Crippen molar-refractivity contribution in [3.05, 3.63) is 51.7 Å². The molecule has 0 atom stereocenters. The van der Waals surface area contributed by atoms with Crippen molar-refractivity contribution >= 4 is 50.7 Å². The minimum atomic E-state index is -3.77. The molecule has 1 aromatic carbocycles. The highest BCUT2D eigenvalue weighted by atomic mass is 35.5. The molecule has 0 unspecified atom stereocenters. The highest BCUT2D eigenvalue weighted by molar-refractivity contribution is 7.89. The first-order chi connectivity index (χ1) is 15.3. The number of piperazine rings is 1. The lowest BCUT2D eigenvalue weighted by Gasteiger charge is -2.34. The highest BCUT2D eigenvalue weighted by Crippen LogP contribution is 2.15. The maximum atomic E-state index is 12.3. The van der Waals surface area contributed by atoms with E-state index in [1.165, 1.54) is 40.5 Å². The molecule has 0 spiro atoms. The molecule has 1 aliphatic heterocycles. The zero-order valence-electron chi connectivity index (χ0n) is 17.0. The van der Waals surface area contributed by atoms with Crippen molar-refractivity contribution in [2.45, 2.75) is 11.3 Å². The Bertz CT molecular complexity index is 1050. The summed E-state index contributed by atoms with van der Waals surface area (Å²) >= 11 is 7.11. The Morgan fingerprint density at radius 1 is 1.03 bits per heavy atom. The predicted octanol–water partition coefficient (Wildman–Crippen LogP) is 1.60. The molecule has 0 aliphatic carbocycles. The number of amides is 2. The number of nitrogens with one attached hydrogen (secondary N) is 1. The molecule has 0 saturated carbocycles. The molecule has 1 fully saturated rings. The van der Waals surface area contributed by atoms with Crippen LogP contribution in [0.2, 0.25) is 5.02 Å². The van der Waals surface area contributed by atoms with Gasteiger partial charge in [0.2, 0.25) is 10.0 Å². The van der Waals surface area contributed by atoms with E-state index in [1.807, 2.05) is 11.4 Å². The lowest BCUT2D eigenvalue weighted by Crippen LogP contribution is -2.51. The molecular formula is C20H22ClN3O6S2. The monoisotopic (exact) mass is 499 g/mol. The zero-order chi connectivity index (χ0) is 23.1. The summed E-state index contributed by atoms with van der Waals surface area (Å²) in [6, 6.07) is 9.20. The van der Waals surface area contributed by atoms with Crippen LogP contribution in [0.3, 0.4) is 0 Å². The second kappa shape index (κ2) is 10.9. The zero-order valence-corrected chi connectivity index (χ0v) is 19.4. The van der Waals surface area contributed by atoms with Crippen LogP contribution in [0.1, 0.15) is 16.1 Å². The number of hydrogen-bond acceptors (Lipinski definition) is 7. The topological polar surface area (TPSA) is 113 Å². The first-order valence-corrected chi connectivity index (χ1v) is 12.5. The third-order valence-corrected chi connectivity index (χ3v) is 7.34. The van der Waals surface area contributed by atoms with Crippen LogP contribution in [0.5, 0.6) is 0 Å². The Hall–Kier alpha value is -2.47. The molecule has 12 heteroatoms. The summed E-state index contributed by atoms with van der Waals surface area (Å²) < 4.78 is 31.6. The number of benzene rings is 1. The SMILES string of the molecule is O=C(CCNS(=O)(=O)c1ccc(Cl)cc1)OCC(=O)N1CCN(C(=O)c2cccs2)CC1. The quantitative estimate of drug-likeness (QED) is 0.552. The van der Waals surface area contributed by atoms with Crippen LogP contribution in [0.25, 0.3) is 0 Å². The molecule has 0 bridgehead atoms. The van der Waals surface area contributed by atoms with Gasteiger partial charge in [-0.1, -0.05) is 17.7 Å². The summed E-state index contributed by atoms with van der Waals surface area (Å²) in [5, 5.41) is 2.25. The fourth-order valence-electron chi connectivity index (χ4n) is 3.01. The average Bonchev–Trinajstić information content (AvgIpc) is 3.32. The van der Waals surface area contributed by atoms with E-state index >= 15 is 0 Å². The predicted molar refractivity (Wildman–Crippen MR) is 119 cm³/mol. The number of thiophene rings is 1. The van der Waals surface area contributed by atoms with E-state index in [0.717, 1.165) is 0 Å². The van der Waals surface area contributed by atoms with Crippen molar-refractivity contribution in [3.63, 3.8) is 0 Å². The lowest BCUT2D eigenvalue weighted by atomic mass is 10.3. The minimum Gasteiger partial charge on any atom is -0.456 e. The third-order valence-electron chi connectivity index (χ3n) is 4.75. The van der Waals surface area contributed by atoms with Crippen LogP contribution >= 0.6 is 22.9 Å². The third kappa shape index (κ3) is 6.52. The number of nitrogens with zero attached hydrogens (tertiary/aromatic N) is 2. The molecule has 1 aliphatic rings. The van der Waals surface area contributed by atoms with Gasteiger partial charge in [0, 0.05) is 37.7 Å². The van der Waals surface area contributed by atoms with Gasteiger partial charge in [0.25, 0.3) is 11.8 Å². The molecule has 2 aromatic rings. The second-order valence-electron chi connectivity index (χ2n) is 6.91. The fraction of sp³-hybridized carbons (Fsp3) is 0.350. The molecule has 1 saturated heterocycles. The molecule has 2 heterocycles. The number of ether oxygens (including phenoxy) is 1. The fourth-order valence-corrected chi connectivity index (χ4v) is 4.85. The number of rotatable bonds is 8. The van der Waals surface area contributed by atoms with Crippen LogP contribution in [0.4, 0.5) is 0 Å². The Kier molecular flexibility index (Phi) is 8.24. The number of esters is 1. The smallest absolute Gasteiger partial charge is 0.307 e. The normalized spacial score (nSPS) is 14.3. The molecule has 2 amide bonds. The summed E-state index contributed by atoms with van der Waals surface area (Å²) in [4.78, 5) is 40.4. The second-order valence-corrected chi connectivity index (χ2v) is 10.1. The van der Waals surface area contributed by atoms with Gasteiger partial charge < -0.3 is 14.5 Å². The summed E-state index contributed by atoms with van der Waals surface area (Å²) in [6.45, 7) is 0.928. The van der Waals surface area contributed by atoms with Gasteiger partial charge in [-0.05, 0) is 35.7 Å². The van der Waals surface area contributed by atoms with E-state index < -0.39 is 22.6 Å². The van der Waals surface area contributed by atoms with Gasteiger partial charge >= 0.3 is 5.97 Å². The van der Waals surface area contributed by atoms with Gasteiger partial charge in [0.05, 0.1) is 16.2 Å². The Morgan fingerprint density at radius 2 is 1.69 bits per heavy atom. The number of carbonyl (C=O) groups is 3. The molecule has 32 heavy (non-hydrogen) atoms. The van der Waals surface area contributed by atoms with Crippen molar-refractivity contribution in [2.24, 2.45) is 0 Å². The Labute approximate surface area is 195 Å². The van der Waals surface area contributed by atoms with E-state index in [2.05, 4.69) is 4.72 Å². The number of carbonyl (C=O) groups excluding carboxylic acids is 3. The molecule has 172 valence electrons. The van der Waals surface area contributed by atoms with Crippen LogP contribution < -0.4 is 4.72 Å². The van der Waals surface area contributed by atoms with Gasteiger partial charge in [-0.3, -0.25) is 14.4 Å². The van der Waals surface area contributed by atoms with E-state index in [0.29, 0.717) is 36.1 Å². The van der Waals surface area contributed by atoms with E-state index in [4.69, 9.17) is 16.3 Å². The lowest BCUT2D eigenvalue weighted by molar-refractivity contribution is -0.152. The molecule has 3 rings (SSSR count). The largest absolute Gasteiger partial charge is 0.456 e. The van der Waals surface area contributed by atoms with Gasteiger partial charge in [0.15, 0.2) is 6.61 Å². The molecule has 1 N–H and O–H groups in total. The first-order valence-electron chi connectivity index (χ1n) is 9.78. The molecule has 0 radical (unpaired) electrons. The summed E-state index contributed by atoms with van der Waals surface area (Å²) in [7, 11) is -3.77. The highest BCUT2D eigenvalue weighted by Gasteiger charge is 2.25. The van der Waals surface area contributed by atoms with Crippen molar-refractivity contribution in [2.75, 3.05) is 39.3 Å². The maximum Gasteiger partial charge on any atom is 0.307 e. The Morgan fingerprint density at radius 3 is 2.31 bits per heavy atom. The van der Waals surface area contributed by atoms with Crippen LogP contribution in [-0.2, 0) is 24.3 Å².